The molecule has 24 heavy (non-hydrogen) atoms. The van der Waals surface area contributed by atoms with E-state index < -0.39 is 0 Å². The van der Waals surface area contributed by atoms with E-state index in [4.69, 9.17) is 0 Å². The second kappa shape index (κ2) is 7.39. The molecule has 1 aromatic carbocycles. The molecule has 1 saturated heterocycles. The van der Waals surface area contributed by atoms with Crippen molar-refractivity contribution in [3.05, 3.63) is 67.0 Å². The van der Waals surface area contributed by atoms with E-state index in [1.807, 2.05) is 34.2 Å². The summed E-state index contributed by atoms with van der Waals surface area (Å²) < 4.78 is 1.88. The minimum atomic E-state index is -0.0430. The van der Waals surface area contributed by atoms with E-state index in [1.54, 1.807) is 0 Å². The number of hydrogen-bond acceptors (Lipinski definition) is 2. The van der Waals surface area contributed by atoms with Crippen LogP contribution in [0.1, 0.15) is 25.3 Å². The molecule has 2 heterocycles. The quantitative estimate of drug-likeness (QED) is 0.789. The van der Waals surface area contributed by atoms with Crippen molar-refractivity contribution >= 4 is 11.6 Å². The van der Waals surface area contributed by atoms with Gasteiger partial charge in [0, 0.05) is 31.2 Å². The van der Waals surface area contributed by atoms with Gasteiger partial charge >= 0.3 is 0 Å². The molecular formula is C20H25N3O. The predicted molar refractivity (Wildman–Crippen MR) is 98.9 cm³/mol. The molecule has 2 aromatic rings. The molecule has 1 amide bonds. The monoisotopic (exact) mass is 323 g/mol. The highest BCUT2D eigenvalue weighted by atomic mass is 16.2. The molecule has 126 valence electrons. The Morgan fingerprint density at radius 3 is 2.50 bits per heavy atom. The standard InChI is InChI=1S/C20H25N3O/c1-3-17-9-5-6-10-19(17)21-15-11-18(12-16-21)23(20(24)4-2)22-13-7-8-14-22/h4-10,13-14,18H,2-3,11-12,15-16H2,1H3. The first kappa shape index (κ1) is 16.4. The van der Waals surface area contributed by atoms with Crippen LogP contribution in [0.4, 0.5) is 5.69 Å². The third-order valence-electron chi connectivity index (χ3n) is 4.76. The van der Waals surface area contributed by atoms with Gasteiger partial charge in [-0.3, -0.25) is 9.47 Å². The van der Waals surface area contributed by atoms with E-state index >= 15 is 0 Å². The number of aryl methyl sites for hydroxylation is 1. The zero-order valence-electron chi connectivity index (χ0n) is 14.3. The molecule has 3 rings (SSSR count). The number of carbonyl (C=O) groups excluding carboxylic acids is 1. The summed E-state index contributed by atoms with van der Waals surface area (Å²) in [5, 5.41) is 1.83. The summed E-state index contributed by atoms with van der Waals surface area (Å²) >= 11 is 0. The fraction of sp³-hybridized carbons (Fsp3) is 0.350. The van der Waals surface area contributed by atoms with E-state index in [0.717, 1.165) is 32.4 Å². The SMILES string of the molecule is C=CC(=O)N(C1CCN(c2ccccc2CC)CC1)n1cccc1. The van der Waals surface area contributed by atoms with Crippen molar-refractivity contribution in [1.82, 2.24) is 4.68 Å². The summed E-state index contributed by atoms with van der Waals surface area (Å²) in [6, 6.07) is 12.7. The van der Waals surface area contributed by atoms with Crippen molar-refractivity contribution in [2.45, 2.75) is 32.2 Å². The van der Waals surface area contributed by atoms with Gasteiger partial charge in [-0.25, -0.2) is 5.01 Å². The van der Waals surface area contributed by atoms with Crippen LogP contribution >= 0.6 is 0 Å². The Labute approximate surface area is 144 Å². The number of carbonyl (C=O) groups is 1. The Morgan fingerprint density at radius 2 is 1.88 bits per heavy atom. The Hall–Kier alpha value is -2.49. The third-order valence-corrected chi connectivity index (χ3v) is 4.76. The highest BCUT2D eigenvalue weighted by molar-refractivity contribution is 5.95. The van der Waals surface area contributed by atoms with Crippen LogP contribution in [0, 0.1) is 0 Å². The number of nitrogens with zero attached hydrogens (tertiary/aromatic N) is 3. The molecule has 0 N–H and O–H groups in total. The van der Waals surface area contributed by atoms with E-state index in [2.05, 4.69) is 42.7 Å². The number of para-hydroxylation sites is 1. The minimum Gasteiger partial charge on any atom is -0.371 e. The first-order valence-corrected chi connectivity index (χ1v) is 8.66. The van der Waals surface area contributed by atoms with Gasteiger partial charge in [-0.1, -0.05) is 31.7 Å². The van der Waals surface area contributed by atoms with Crippen molar-refractivity contribution in [2.75, 3.05) is 23.0 Å². The summed E-state index contributed by atoms with van der Waals surface area (Å²) in [4.78, 5) is 14.8. The van der Waals surface area contributed by atoms with Gasteiger partial charge in [0.25, 0.3) is 5.91 Å². The molecule has 0 atom stereocenters. The maximum atomic E-state index is 12.3. The van der Waals surface area contributed by atoms with Crippen LogP contribution < -0.4 is 9.91 Å². The molecule has 0 saturated carbocycles. The predicted octanol–water partition coefficient (Wildman–Crippen LogP) is 3.37. The van der Waals surface area contributed by atoms with E-state index in [9.17, 15) is 4.79 Å². The van der Waals surface area contributed by atoms with Gasteiger partial charge in [0.1, 0.15) is 0 Å². The first-order chi connectivity index (χ1) is 11.7. The molecule has 0 bridgehead atoms. The lowest BCUT2D eigenvalue weighted by Gasteiger charge is -2.39. The van der Waals surface area contributed by atoms with Crippen LogP contribution in [0.2, 0.25) is 0 Å². The first-order valence-electron chi connectivity index (χ1n) is 8.66. The van der Waals surface area contributed by atoms with Crippen LogP contribution in [0.5, 0.6) is 0 Å². The topological polar surface area (TPSA) is 28.5 Å². The molecule has 0 radical (unpaired) electrons. The highest BCUT2D eigenvalue weighted by Crippen LogP contribution is 2.26. The number of hydrogen-bond donors (Lipinski definition) is 0. The van der Waals surface area contributed by atoms with Gasteiger partial charge < -0.3 is 4.90 Å². The highest BCUT2D eigenvalue weighted by Gasteiger charge is 2.28. The van der Waals surface area contributed by atoms with Gasteiger partial charge in [-0.05, 0) is 49.1 Å². The lowest BCUT2D eigenvalue weighted by Crippen LogP contribution is -2.52. The summed E-state index contributed by atoms with van der Waals surface area (Å²) in [6.07, 6.45) is 8.19. The molecule has 1 aliphatic rings. The van der Waals surface area contributed by atoms with Crippen molar-refractivity contribution in [1.29, 1.82) is 0 Å². The van der Waals surface area contributed by atoms with E-state index in [-0.39, 0.29) is 11.9 Å². The summed E-state index contributed by atoms with van der Waals surface area (Å²) in [5.41, 5.74) is 2.72. The lowest BCUT2D eigenvalue weighted by molar-refractivity contribution is -0.116. The van der Waals surface area contributed by atoms with Crippen LogP contribution in [-0.2, 0) is 11.2 Å². The average Bonchev–Trinajstić information content (AvgIpc) is 3.16. The van der Waals surface area contributed by atoms with Crippen LogP contribution in [-0.4, -0.2) is 29.7 Å². The number of anilines is 1. The molecule has 0 unspecified atom stereocenters. The fourth-order valence-corrected chi connectivity index (χ4v) is 3.51. The Balaban J connectivity index is 1.73. The zero-order valence-corrected chi connectivity index (χ0v) is 14.3. The molecule has 1 aromatic heterocycles. The van der Waals surface area contributed by atoms with Gasteiger partial charge in [-0.2, -0.15) is 0 Å². The van der Waals surface area contributed by atoms with Gasteiger partial charge in [0.2, 0.25) is 0 Å². The van der Waals surface area contributed by atoms with Crippen molar-refractivity contribution in [2.24, 2.45) is 0 Å². The molecule has 1 fully saturated rings. The molecule has 4 heteroatoms. The second-order valence-electron chi connectivity index (χ2n) is 6.15. The van der Waals surface area contributed by atoms with Crippen LogP contribution in [0.15, 0.2) is 61.4 Å². The van der Waals surface area contributed by atoms with Crippen molar-refractivity contribution in [3.63, 3.8) is 0 Å². The van der Waals surface area contributed by atoms with Crippen molar-refractivity contribution < 1.29 is 4.79 Å². The smallest absolute Gasteiger partial charge is 0.265 e. The third kappa shape index (κ3) is 3.23. The van der Waals surface area contributed by atoms with Gasteiger partial charge in [-0.15, -0.1) is 0 Å². The molecule has 1 aliphatic heterocycles. The largest absolute Gasteiger partial charge is 0.371 e. The molecule has 4 nitrogen and oxygen atoms in total. The van der Waals surface area contributed by atoms with E-state index in [1.165, 1.54) is 17.3 Å². The Morgan fingerprint density at radius 1 is 1.21 bits per heavy atom. The van der Waals surface area contributed by atoms with Gasteiger partial charge in [0.15, 0.2) is 0 Å². The summed E-state index contributed by atoms with van der Waals surface area (Å²) in [5.74, 6) is -0.0430. The maximum absolute atomic E-state index is 12.3. The zero-order chi connectivity index (χ0) is 16.9. The summed E-state index contributed by atoms with van der Waals surface area (Å²) in [6.45, 7) is 7.78. The van der Waals surface area contributed by atoms with Crippen LogP contribution in [0.3, 0.4) is 0 Å². The average molecular weight is 323 g/mol. The minimum absolute atomic E-state index is 0.0430. The Kier molecular flexibility index (Phi) is 5.04. The number of amides is 1. The Bertz CT molecular complexity index is 685. The molecule has 0 aliphatic carbocycles. The van der Waals surface area contributed by atoms with E-state index in [0.29, 0.717) is 0 Å². The second-order valence-corrected chi connectivity index (χ2v) is 6.15. The van der Waals surface area contributed by atoms with Gasteiger partial charge in [0.05, 0.1) is 6.04 Å². The summed E-state index contributed by atoms with van der Waals surface area (Å²) in [7, 11) is 0. The lowest BCUT2D eigenvalue weighted by atomic mass is 10.0. The maximum Gasteiger partial charge on any atom is 0.265 e. The number of benzene rings is 1. The van der Waals surface area contributed by atoms with Crippen LogP contribution in [0.25, 0.3) is 0 Å². The van der Waals surface area contributed by atoms with Crippen molar-refractivity contribution in [3.8, 4) is 0 Å². The molecular weight excluding hydrogens is 298 g/mol. The number of rotatable bonds is 5. The number of aromatic nitrogens is 1. The normalized spacial score (nSPS) is 15.3. The number of piperidine rings is 1. The molecule has 0 spiro atoms. The fourth-order valence-electron chi connectivity index (χ4n) is 3.51.